The number of nitriles is 1. The van der Waals surface area contributed by atoms with E-state index in [9.17, 15) is 10.1 Å². The molecule has 2 aromatic heterocycles. The highest BCUT2D eigenvalue weighted by molar-refractivity contribution is 7.07. The van der Waals surface area contributed by atoms with Crippen LogP contribution in [0, 0.1) is 18.3 Å². The first-order valence-electron chi connectivity index (χ1n) is 12.4. The predicted molar refractivity (Wildman–Crippen MR) is 150 cm³/mol. The quantitative estimate of drug-likeness (QED) is 0.374. The lowest BCUT2D eigenvalue weighted by atomic mass is 9.87. The molecule has 0 spiro atoms. The highest BCUT2D eigenvalue weighted by Crippen LogP contribution is 2.38. The van der Waals surface area contributed by atoms with Crippen molar-refractivity contribution in [3.8, 4) is 28.3 Å². The summed E-state index contributed by atoms with van der Waals surface area (Å²) in [4.78, 5) is 22.1. The molecule has 2 aromatic carbocycles. The second kappa shape index (κ2) is 11.0. The summed E-state index contributed by atoms with van der Waals surface area (Å²) in [6.07, 6.45) is 2.93. The van der Waals surface area contributed by atoms with Crippen LogP contribution < -0.4 is 10.6 Å². The molecule has 0 bridgehead atoms. The molecule has 3 heterocycles. The van der Waals surface area contributed by atoms with E-state index >= 15 is 0 Å². The van der Waals surface area contributed by atoms with Crippen LogP contribution in [-0.2, 0) is 6.54 Å². The second-order valence-corrected chi connectivity index (χ2v) is 10.2. The fraction of sp³-hybridized carbons (Fsp3) is 0.233. The predicted octanol–water partition coefficient (Wildman–Crippen LogP) is 5.47. The molecule has 2 N–H and O–H groups in total. The number of carbonyl (C=O) groups is 1. The molecular weight excluding hydrogens is 478 g/mol. The van der Waals surface area contributed by atoms with E-state index in [4.69, 9.17) is 10.7 Å². The summed E-state index contributed by atoms with van der Waals surface area (Å²) < 4.78 is 0. The fourth-order valence-corrected chi connectivity index (χ4v) is 5.68. The number of aromatic nitrogens is 1. The minimum absolute atomic E-state index is 0.457. The van der Waals surface area contributed by atoms with E-state index in [1.54, 1.807) is 29.5 Å². The van der Waals surface area contributed by atoms with Crippen LogP contribution in [0.4, 0.5) is 5.82 Å². The first-order valence-corrected chi connectivity index (χ1v) is 13.4. The molecule has 1 aliphatic heterocycles. The minimum atomic E-state index is -0.479. The van der Waals surface area contributed by atoms with Gasteiger partial charge in [-0.05, 0) is 82.8 Å². The van der Waals surface area contributed by atoms with Crippen LogP contribution in [0.25, 0.3) is 22.3 Å². The van der Waals surface area contributed by atoms with Crippen molar-refractivity contribution in [2.45, 2.75) is 19.9 Å². The van der Waals surface area contributed by atoms with Gasteiger partial charge in [-0.15, -0.1) is 0 Å². The highest BCUT2D eigenvalue weighted by Gasteiger charge is 2.20. The average Bonchev–Trinajstić information content (AvgIpc) is 3.32. The Labute approximate surface area is 221 Å². The number of nitrogens with two attached hydrogens (primary N) is 1. The van der Waals surface area contributed by atoms with E-state index in [0.717, 1.165) is 72.8 Å². The van der Waals surface area contributed by atoms with Gasteiger partial charge in [0.05, 0.1) is 11.6 Å². The summed E-state index contributed by atoms with van der Waals surface area (Å²) in [5.41, 5.74) is 12.7. The summed E-state index contributed by atoms with van der Waals surface area (Å²) in [6.45, 7) is 6.95. The Bertz CT molecular complexity index is 1420. The van der Waals surface area contributed by atoms with E-state index in [1.807, 2.05) is 43.5 Å². The number of aryl methyl sites for hydroxylation is 1. The van der Waals surface area contributed by atoms with Crippen LogP contribution in [-0.4, -0.2) is 42.0 Å². The van der Waals surface area contributed by atoms with Gasteiger partial charge in [0.1, 0.15) is 5.82 Å². The molecule has 0 unspecified atom stereocenters. The molecule has 4 aromatic rings. The summed E-state index contributed by atoms with van der Waals surface area (Å²) in [5, 5.41) is 13.6. The first kappa shape index (κ1) is 24.7. The summed E-state index contributed by atoms with van der Waals surface area (Å²) >= 11 is 1.75. The standard InChI is InChI=1S/C30H29N5OS/c1-21-3-9-26(30(32)36)29(28(21)24-6-4-22(17-31)5-7-24)25-8-10-27(33-18-25)35-13-2-12-34(14-15-35)19-23-11-16-37-20-23/h3-11,16,18,20H,2,12-15,19H2,1H3,(H2,32,36). The van der Waals surface area contributed by atoms with Crippen LogP contribution in [0.1, 0.15) is 33.5 Å². The molecule has 1 saturated heterocycles. The van der Waals surface area contributed by atoms with Gasteiger partial charge in [0.2, 0.25) is 5.91 Å². The molecular formula is C30H29N5OS. The molecule has 6 nitrogen and oxygen atoms in total. The number of amides is 1. The van der Waals surface area contributed by atoms with Crippen molar-refractivity contribution in [3.05, 3.63) is 93.8 Å². The Kier molecular flexibility index (Phi) is 7.31. The van der Waals surface area contributed by atoms with Crippen molar-refractivity contribution in [2.24, 2.45) is 5.73 Å². The number of pyridine rings is 1. The van der Waals surface area contributed by atoms with Gasteiger partial charge in [-0.25, -0.2) is 4.98 Å². The van der Waals surface area contributed by atoms with Crippen molar-refractivity contribution in [1.82, 2.24) is 9.88 Å². The lowest BCUT2D eigenvalue weighted by molar-refractivity contribution is 0.100. The molecule has 0 radical (unpaired) electrons. The zero-order valence-corrected chi connectivity index (χ0v) is 21.7. The van der Waals surface area contributed by atoms with Crippen LogP contribution in [0.15, 0.2) is 71.6 Å². The summed E-state index contributed by atoms with van der Waals surface area (Å²) in [5.74, 6) is 0.460. The number of hydrogen-bond acceptors (Lipinski definition) is 6. The number of benzene rings is 2. The van der Waals surface area contributed by atoms with E-state index < -0.39 is 5.91 Å². The zero-order chi connectivity index (χ0) is 25.8. The van der Waals surface area contributed by atoms with Crippen molar-refractivity contribution >= 4 is 23.1 Å². The van der Waals surface area contributed by atoms with Gasteiger partial charge in [-0.3, -0.25) is 9.69 Å². The Morgan fingerprint density at radius 1 is 1.00 bits per heavy atom. The maximum Gasteiger partial charge on any atom is 0.249 e. The van der Waals surface area contributed by atoms with Gasteiger partial charge in [0.25, 0.3) is 0 Å². The monoisotopic (exact) mass is 507 g/mol. The van der Waals surface area contributed by atoms with Gasteiger partial charge in [-0.1, -0.05) is 18.2 Å². The molecule has 1 aliphatic rings. The Balaban J connectivity index is 1.43. The molecule has 0 saturated carbocycles. The van der Waals surface area contributed by atoms with E-state index in [0.29, 0.717) is 11.1 Å². The van der Waals surface area contributed by atoms with Crippen molar-refractivity contribution in [1.29, 1.82) is 5.26 Å². The van der Waals surface area contributed by atoms with E-state index in [1.165, 1.54) is 5.56 Å². The van der Waals surface area contributed by atoms with Gasteiger partial charge in [0, 0.05) is 55.6 Å². The zero-order valence-electron chi connectivity index (χ0n) is 20.9. The van der Waals surface area contributed by atoms with Gasteiger partial charge < -0.3 is 10.6 Å². The lowest BCUT2D eigenvalue weighted by Gasteiger charge is -2.23. The maximum absolute atomic E-state index is 12.4. The van der Waals surface area contributed by atoms with Crippen molar-refractivity contribution in [3.63, 3.8) is 0 Å². The molecule has 7 heteroatoms. The first-order chi connectivity index (χ1) is 18.0. The third-order valence-electron chi connectivity index (χ3n) is 6.92. The minimum Gasteiger partial charge on any atom is -0.366 e. The molecule has 0 aliphatic carbocycles. The SMILES string of the molecule is Cc1ccc(C(N)=O)c(-c2ccc(N3CCCN(Cc4ccsc4)CC3)nc2)c1-c1ccc(C#N)cc1. The number of nitrogens with zero attached hydrogens (tertiary/aromatic N) is 4. The number of primary amides is 1. The summed E-state index contributed by atoms with van der Waals surface area (Å²) in [7, 11) is 0. The maximum atomic E-state index is 12.4. The Hall–Kier alpha value is -3.99. The number of rotatable bonds is 6. The van der Waals surface area contributed by atoms with Crippen molar-refractivity contribution < 1.29 is 4.79 Å². The summed E-state index contributed by atoms with van der Waals surface area (Å²) in [6, 6.07) is 19.5. The number of hydrogen-bond donors (Lipinski definition) is 1. The van der Waals surface area contributed by atoms with Crippen LogP contribution >= 0.6 is 11.3 Å². The van der Waals surface area contributed by atoms with Gasteiger partial charge in [-0.2, -0.15) is 16.6 Å². The normalized spacial score (nSPS) is 14.2. The molecule has 5 rings (SSSR count). The Morgan fingerprint density at radius 3 is 2.49 bits per heavy atom. The second-order valence-electron chi connectivity index (χ2n) is 9.39. The number of thiophene rings is 1. The topological polar surface area (TPSA) is 86.2 Å². The fourth-order valence-electron chi connectivity index (χ4n) is 5.02. The number of carbonyl (C=O) groups excluding carboxylic acids is 1. The highest BCUT2D eigenvalue weighted by atomic mass is 32.1. The van der Waals surface area contributed by atoms with Crippen LogP contribution in [0.3, 0.4) is 0 Å². The van der Waals surface area contributed by atoms with E-state index in [2.05, 4.69) is 32.7 Å². The smallest absolute Gasteiger partial charge is 0.249 e. The lowest BCUT2D eigenvalue weighted by Crippen LogP contribution is -2.30. The largest absolute Gasteiger partial charge is 0.366 e. The molecule has 37 heavy (non-hydrogen) atoms. The number of anilines is 1. The van der Waals surface area contributed by atoms with Crippen molar-refractivity contribution in [2.75, 3.05) is 31.1 Å². The molecule has 1 fully saturated rings. The third kappa shape index (κ3) is 5.41. The van der Waals surface area contributed by atoms with E-state index in [-0.39, 0.29) is 0 Å². The Morgan fingerprint density at radius 2 is 1.81 bits per heavy atom. The molecule has 186 valence electrons. The molecule has 1 amide bonds. The third-order valence-corrected chi connectivity index (χ3v) is 7.65. The molecule has 0 atom stereocenters. The van der Waals surface area contributed by atoms with Gasteiger partial charge >= 0.3 is 0 Å². The van der Waals surface area contributed by atoms with Gasteiger partial charge in [0.15, 0.2) is 0 Å². The van der Waals surface area contributed by atoms with Crippen LogP contribution in [0.5, 0.6) is 0 Å². The van der Waals surface area contributed by atoms with Crippen LogP contribution in [0.2, 0.25) is 0 Å². The average molecular weight is 508 g/mol.